The van der Waals surface area contributed by atoms with E-state index in [9.17, 15) is 15.0 Å². The van der Waals surface area contributed by atoms with E-state index in [1.807, 2.05) is 60.7 Å². The summed E-state index contributed by atoms with van der Waals surface area (Å²) in [7, 11) is 0. The second kappa shape index (κ2) is 6.70. The van der Waals surface area contributed by atoms with Crippen LogP contribution in [0.5, 0.6) is 10.4 Å². The highest BCUT2D eigenvalue weighted by Gasteiger charge is 2.26. The summed E-state index contributed by atoms with van der Waals surface area (Å²) in [5, 5.41) is 19.4. The molecule has 2 aromatic heterocycles. The number of aromatic nitrogens is 2. The molecule has 26 heavy (non-hydrogen) atoms. The maximum atomic E-state index is 13.2. The number of thiazole rings is 2. The van der Waals surface area contributed by atoms with Crippen LogP contribution in [-0.2, 0) is 0 Å². The average Bonchev–Trinajstić information content (AvgIpc) is 3.25. The lowest BCUT2D eigenvalue weighted by molar-refractivity contribution is 0.104. The van der Waals surface area contributed by atoms with Crippen LogP contribution in [0.3, 0.4) is 0 Å². The fraction of sp³-hybridized carbons (Fsp3) is 0. The van der Waals surface area contributed by atoms with Gasteiger partial charge in [-0.15, -0.1) is 0 Å². The molecular formula is C19H12N2O3S2. The van der Waals surface area contributed by atoms with Crippen molar-refractivity contribution in [3.05, 3.63) is 70.4 Å². The van der Waals surface area contributed by atoms with Gasteiger partial charge in [-0.2, -0.15) is 0 Å². The van der Waals surface area contributed by atoms with E-state index in [-0.39, 0.29) is 16.2 Å². The van der Waals surface area contributed by atoms with Gasteiger partial charge < -0.3 is 10.2 Å². The van der Waals surface area contributed by atoms with Crippen LogP contribution in [0, 0.1) is 0 Å². The van der Waals surface area contributed by atoms with Crippen LogP contribution < -0.4 is 0 Å². The topological polar surface area (TPSA) is 83.3 Å². The zero-order valence-corrected chi connectivity index (χ0v) is 14.9. The molecule has 0 saturated heterocycles. The molecule has 2 N–H and O–H groups in total. The number of hydrogen-bond donors (Lipinski definition) is 2. The van der Waals surface area contributed by atoms with Crippen LogP contribution in [0.2, 0.25) is 0 Å². The number of carbonyl (C=O) groups excluding carboxylic acids is 1. The SMILES string of the molecule is O=C(c1sc(O)nc1-c1ccccc1)c1sc(O)nc1-c1ccccc1. The van der Waals surface area contributed by atoms with Gasteiger partial charge in [0, 0.05) is 11.1 Å². The van der Waals surface area contributed by atoms with Crippen LogP contribution >= 0.6 is 22.7 Å². The fourth-order valence-electron chi connectivity index (χ4n) is 2.61. The van der Waals surface area contributed by atoms with Crippen LogP contribution in [-0.4, -0.2) is 26.0 Å². The van der Waals surface area contributed by atoms with Gasteiger partial charge in [-0.05, 0) is 0 Å². The first kappa shape index (κ1) is 16.4. The lowest BCUT2D eigenvalue weighted by Gasteiger charge is -2.03. The zero-order chi connectivity index (χ0) is 18.1. The Hall–Kier alpha value is -3.03. The Balaban J connectivity index is 1.84. The molecule has 4 rings (SSSR count). The molecule has 0 fully saturated rings. The van der Waals surface area contributed by atoms with Crippen molar-refractivity contribution < 1.29 is 15.0 Å². The molecule has 4 aromatic rings. The number of hydrogen-bond acceptors (Lipinski definition) is 7. The van der Waals surface area contributed by atoms with Gasteiger partial charge in [-0.25, -0.2) is 9.97 Å². The van der Waals surface area contributed by atoms with Crippen molar-refractivity contribution in [2.24, 2.45) is 0 Å². The first-order valence-corrected chi connectivity index (χ1v) is 9.32. The summed E-state index contributed by atoms with van der Waals surface area (Å²) in [5.41, 5.74) is 2.32. The largest absolute Gasteiger partial charge is 0.486 e. The fourth-order valence-corrected chi connectivity index (χ4v) is 4.23. The third kappa shape index (κ3) is 2.98. The molecule has 5 nitrogen and oxygen atoms in total. The second-order valence-electron chi connectivity index (χ2n) is 5.41. The van der Waals surface area contributed by atoms with E-state index in [1.54, 1.807) is 0 Å². The maximum absolute atomic E-state index is 13.2. The molecule has 0 atom stereocenters. The summed E-state index contributed by atoms with van der Waals surface area (Å²) in [4.78, 5) is 22.0. The van der Waals surface area contributed by atoms with E-state index in [1.165, 1.54) is 0 Å². The molecule has 0 radical (unpaired) electrons. The lowest BCUT2D eigenvalue weighted by Crippen LogP contribution is -2.00. The van der Waals surface area contributed by atoms with Crippen molar-refractivity contribution in [3.8, 4) is 32.9 Å². The minimum absolute atomic E-state index is 0.179. The van der Waals surface area contributed by atoms with Gasteiger partial charge in [0.05, 0.1) is 11.4 Å². The van der Waals surface area contributed by atoms with Gasteiger partial charge in [0.15, 0.2) is 0 Å². The zero-order valence-electron chi connectivity index (χ0n) is 13.3. The smallest absolute Gasteiger partial charge is 0.271 e. The summed E-state index contributed by atoms with van der Waals surface area (Å²) in [6.45, 7) is 0. The normalized spacial score (nSPS) is 10.8. The van der Waals surface area contributed by atoms with Crippen molar-refractivity contribution in [1.82, 2.24) is 9.97 Å². The number of rotatable bonds is 4. The Bertz CT molecular complexity index is 987. The summed E-state index contributed by atoms with van der Waals surface area (Å²) in [5.74, 6) is -0.321. The Labute approximate surface area is 156 Å². The number of nitrogens with zero attached hydrogens (tertiary/aromatic N) is 2. The third-order valence-corrected chi connectivity index (χ3v) is 5.45. The predicted octanol–water partition coefficient (Wildman–Crippen LogP) is 4.58. The van der Waals surface area contributed by atoms with Gasteiger partial charge in [0.25, 0.3) is 10.4 Å². The van der Waals surface area contributed by atoms with Crippen molar-refractivity contribution in [2.45, 2.75) is 0 Å². The minimum atomic E-state index is -0.321. The van der Waals surface area contributed by atoms with Gasteiger partial charge in [0.2, 0.25) is 5.78 Å². The number of ketones is 1. The molecule has 0 bridgehead atoms. The molecule has 128 valence electrons. The minimum Gasteiger partial charge on any atom is -0.486 e. The Morgan fingerprint density at radius 3 is 1.46 bits per heavy atom. The highest BCUT2D eigenvalue weighted by molar-refractivity contribution is 7.19. The molecule has 0 unspecified atom stereocenters. The molecule has 0 saturated carbocycles. The van der Waals surface area contributed by atoms with Gasteiger partial charge in [-0.1, -0.05) is 83.3 Å². The summed E-state index contributed by atoms with van der Waals surface area (Å²) < 4.78 is 0. The van der Waals surface area contributed by atoms with E-state index >= 15 is 0 Å². The number of benzene rings is 2. The molecule has 0 spiro atoms. The second-order valence-corrected chi connectivity index (χ2v) is 7.36. The molecule has 2 aromatic carbocycles. The van der Waals surface area contributed by atoms with Crippen LogP contribution in [0.1, 0.15) is 14.5 Å². The Morgan fingerprint density at radius 1 is 0.692 bits per heavy atom. The van der Waals surface area contributed by atoms with E-state index in [0.29, 0.717) is 21.1 Å². The van der Waals surface area contributed by atoms with Crippen molar-refractivity contribution >= 4 is 28.5 Å². The van der Waals surface area contributed by atoms with Crippen LogP contribution in [0.25, 0.3) is 22.5 Å². The molecular weight excluding hydrogens is 368 g/mol. The highest BCUT2D eigenvalue weighted by atomic mass is 32.1. The molecule has 0 amide bonds. The quantitative estimate of drug-likeness (QED) is 0.507. The van der Waals surface area contributed by atoms with Crippen molar-refractivity contribution in [3.63, 3.8) is 0 Å². The van der Waals surface area contributed by atoms with Gasteiger partial charge in [-0.3, -0.25) is 4.79 Å². The van der Waals surface area contributed by atoms with E-state index < -0.39 is 0 Å². The number of carbonyl (C=O) groups is 1. The monoisotopic (exact) mass is 380 g/mol. The third-order valence-electron chi connectivity index (χ3n) is 3.74. The van der Waals surface area contributed by atoms with Crippen molar-refractivity contribution in [2.75, 3.05) is 0 Å². The van der Waals surface area contributed by atoms with E-state index in [0.717, 1.165) is 33.8 Å². The molecule has 7 heteroatoms. The van der Waals surface area contributed by atoms with E-state index in [4.69, 9.17) is 0 Å². The highest BCUT2D eigenvalue weighted by Crippen LogP contribution is 2.38. The molecule has 0 aliphatic heterocycles. The predicted molar refractivity (Wildman–Crippen MR) is 102 cm³/mol. The number of aromatic hydroxyl groups is 2. The summed E-state index contributed by atoms with van der Waals surface area (Å²) in [6.07, 6.45) is 0. The maximum Gasteiger partial charge on any atom is 0.271 e. The van der Waals surface area contributed by atoms with Crippen LogP contribution in [0.15, 0.2) is 60.7 Å². The Morgan fingerprint density at radius 2 is 1.08 bits per heavy atom. The molecule has 0 aliphatic carbocycles. The van der Waals surface area contributed by atoms with E-state index in [2.05, 4.69) is 9.97 Å². The van der Waals surface area contributed by atoms with Crippen LogP contribution in [0.4, 0.5) is 0 Å². The van der Waals surface area contributed by atoms with Gasteiger partial charge in [0.1, 0.15) is 9.75 Å². The standard InChI is InChI=1S/C19H12N2O3S2/c22-15(16-13(20-18(23)25-16)11-7-3-1-4-8-11)17-14(21-19(24)26-17)12-9-5-2-6-10-12/h1-10H,(H,20,23)(H,21,24). The van der Waals surface area contributed by atoms with Crippen molar-refractivity contribution in [1.29, 1.82) is 0 Å². The molecule has 0 aliphatic rings. The average molecular weight is 380 g/mol. The summed E-state index contributed by atoms with van der Waals surface area (Å²) in [6, 6.07) is 18.4. The first-order chi connectivity index (χ1) is 12.6. The van der Waals surface area contributed by atoms with Gasteiger partial charge >= 0.3 is 0 Å². The lowest BCUT2D eigenvalue weighted by atomic mass is 10.1. The first-order valence-electron chi connectivity index (χ1n) is 7.68. The Kier molecular flexibility index (Phi) is 4.24. The summed E-state index contributed by atoms with van der Waals surface area (Å²) >= 11 is 1.83. The molecule has 2 heterocycles.